The number of pyridine rings is 1. The molecule has 0 unspecified atom stereocenters. The molecule has 98 valence electrons. The van der Waals surface area contributed by atoms with Gasteiger partial charge in [-0.15, -0.1) is 11.8 Å². The number of amidine groups is 1. The summed E-state index contributed by atoms with van der Waals surface area (Å²) in [6.45, 7) is 0. The molecule has 0 saturated heterocycles. The van der Waals surface area contributed by atoms with E-state index in [1.54, 1.807) is 12.3 Å². The third-order valence-electron chi connectivity index (χ3n) is 2.44. The van der Waals surface area contributed by atoms with Crippen LogP contribution in [0.3, 0.4) is 0 Å². The van der Waals surface area contributed by atoms with Gasteiger partial charge in [0.25, 0.3) is 0 Å². The number of hydrogen-bond donors (Lipinski definition) is 2. The molecule has 1 aromatic heterocycles. The van der Waals surface area contributed by atoms with Crippen molar-refractivity contribution in [3.63, 3.8) is 0 Å². The van der Waals surface area contributed by atoms with Gasteiger partial charge in [0.1, 0.15) is 11.7 Å². The number of aromatic nitrogens is 1. The summed E-state index contributed by atoms with van der Waals surface area (Å²) in [4.78, 5) is 4.24. The van der Waals surface area contributed by atoms with E-state index >= 15 is 0 Å². The number of hydrogen-bond acceptors (Lipinski definition) is 3. The SMILES string of the molecule is N=C(N)c1cc(F)ccc1CSc1ccc(Br)cn1. The third kappa shape index (κ3) is 3.78. The molecule has 0 saturated carbocycles. The maximum absolute atomic E-state index is 13.1. The summed E-state index contributed by atoms with van der Waals surface area (Å²) < 4.78 is 14.1. The lowest BCUT2D eigenvalue weighted by atomic mass is 10.1. The van der Waals surface area contributed by atoms with E-state index < -0.39 is 0 Å². The van der Waals surface area contributed by atoms with Crippen LogP contribution in [0.25, 0.3) is 0 Å². The summed E-state index contributed by atoms with van der Waals surface area (Å²) >= 11 is 4.84. The lowest BCUT2D eigenvalue weighted by Crippen LogP contribution is -2.13. The van der Waals surface area contributed by atoms with Crippen LogP contribution in [-0.4, -0.2) is 10.8 Å². The van der Waals surface area contributed by atoms with Gasteiger partial charge in [-0.3, -0.25) is 5.41 Å². The average molecular weight is 340 g/mol. The fourth-order valence-corrected chi connectivity index (χ4v) is 2.61. The van der Waals surface area contributed by atoms with Gasteiger partial charge in [0, 0.05) is 22.0 Å². The molecule has 0 aliphatic heterocycles. The van der Waals surface area contributed by atoms with Crippen LogP contribution in [-0.2, 0) is 5.75 Å². The van der Waals surface area contributed by atoms with Crippen LogP contribution in [0, 0.1) is 11.2 Å². The Bertz CT molecular complexity index is 601. The third-order valence-corrected chi connectivity index (χ3v) is 3.90. The van der Waals surface area contributed by atoms with Gasteiger partial charge < -0.3 is 5.73 Å². The highest BCUT2D eigenvalue weighted by atomic mass is 79.9. The van der Waals surface area contributed by atoms with E-state index in [1.165, 1.54) is 23.9 Å². The predicted octanol–water partition coefficient (Wildman–Crippen LogP) is 3.56. The normalized spacial score (nSPS) is 10.4. The van der Waals surface area contributed by atoms with Crippen LogP contribution in [0.5, 0.6) is 0 Å². The summed E-state index contributed by atoms with van der Waals surface area (Å²) in [6, 6.07) is 8.11. The van der Waals surface area contributed by atoms with E-state index in [1.807, 2.05) is 12.1 Å². The zero-order valence-corrected chi connectivity index (χ0v) is 12.3. The molecule has 0 radical (unpaired) electrons. The minimum absolute atomic E-state index is 0.126. The zero-order chi connectivity index (χ0) is 13.8. The largest absolute Gasteiger partial charge is 0.384 e. The van der Waals surface area contributed by atoms with E-state index in [0.717, 1.165) is 15.1 Å². The Balaban J connectivity index is 2.15. The quantitative estimate of drug-likeness (QED) is 0.508. The van der Waals surface area contributed by atoms with Crippen LogP contribution in [0.4, 0.5) is 4.39 Å². The lowest BCUT2D eigenvalue weighted by molar-refractivity contribution is 0.627. The Kier molecular flexibility index (Phi) is 4.55. The first-order valence-electron chi connectivity index (χ1n) is 5.43. The molecular formula is C13H11BrFN3S. The average Bonchev–Trinajstić information content (AvgIpc) is 2.39. The van der Waals surface area contributed by atoms with Crippen LogP contribution < -0.4 is 5.73 Å². The second-order valence-corrected chi connectivity index (χ2v) is 5.73. The van der Waals surface area contributed by atoms with Crippen molar-refractivity contribution in [3.05, 3.63) is 57.9 Å². The van der Waals surface area contributed by atoms with E-state index in [4.69, 9.17) is 11.1 Å². The number of nitrogens with two attached hydrogens (primary N) is 1. The summed E-state index contributed by atoms with van der Waals surface area (Å²) in [5, 5.41) is 8.33. The minimum atomic E-state index is -0.388. The summed E-state index contributed by atoms with van der Waals surface area (Å²) in [7, 11) is 0. The molecule has 0 amide bonds. The van der Waals surface area contributed by atoms with Crippen LogP contribution >= 0.6 is 27.7 Å². The van der Waals surface area contributed by atoms with Gasteiger partial charge in [0.2, 0.25) is 0 Å². The predicted molar refractivity (Wildman–Crippen MR) is 78.9 cm³/mol. The highest BCUT2D eigenvalue weighted by Crippen LogP contribution is 2.24. The number of nitrogen functional groups attached to an aromatic ring is 1. The Labute approximate surface area is 123 Å². The van der Waals surface area contributed by atoms with E-state index in [9.17, 15) is 4.39 Å². The number of nitrogens with zero attached hydrogens (tertiary/aromatic N) is 1. The Morgan fingerprint density at radius 3 is 2.79 bits per heavy atom. The second kappa shape index (κ2) is 6.16. The van der Waals surface area contributed by atoms with Crippen LogP contribution in [0.1, 0.15) is 11.1 Å². The molecule has 0 atom stereocenters. The lowest BCUT2D eigenvalue weighted by Gasteiger charge is -2.08. The first-order chi connectivity index (χ1) is 9.06. The molecule has 3 nitrogen and oxygen atoms in total. The smallest absolute Gasteiger partial charge is 0.123 e. The zero-order valence-electron chi connectivity index (χ0n) is 9.86. The number of thioether (sulfide) groups is 1. The molecule has 0 fully saturated rings. The number of halogens is 2. The molecule has 0 aliphatic carbocycles. The van der Waals surface area contributed by atoms with Crippen molar-refractivity contribution in [1.82, 2.24) is 4.98 Å². The molecule has 6 heteroatoms. The molecule has 2 rings (SSSR count). The fourth-order valence-electron chi connectivity index (χ4n) is 1.52. The van der Waals surface area contributed by atoms with Gasteiger partial charge in [0.05, 0.1) is 5.03 Å². The molecule has 19 heavy (non-hydrogen) atoms. The Hall–Kier alpha value is -1.40. The molecule has 2 aromatic rings. The highest BCUT2D eigenvalue weighted by Gasteiger charge is 2.08. The number of nitrogens with one attached hydrogen (secondary N) is 1. The summed E-state index contributed by atoms with van der Waals surface area (Å²) in [5.74, 6) is 0.0729. The van der Waals surface area contributed by atoms with Gasteiger partial charge in [-0.1, -0.05) is 6.07 Å². The minimum Gasteiger partial charge on any atom is -0.384 e. The maximum Gasteiger partial charge on any atom is 0.123 e. The first kappa shape index (κ1) is 14.0. The molecule has 0 aliphatic rings. The number of benzene rings is 1. The summed E-state index contributed by atoms with van der Waals surface area (Å²) in [5.41, 5.74) is 6.72. The van der Waals surface area contributed by atoms with E-state index in [-0.39, 0.29) is 11.7 Å². The molecule has 1 aromatic carbocycles. The fraction of sp³-hybridized carbons (Fsp3) is 0.0769. The maximum atomic E-state index is 13.1. The van der Waals surface area contributed by atoms with Crippen molar-refractivity contribution < 1.29 is 4.39 Å². The summed E-state index contributed by atoms with van der Waals surface area (Å²) in [6.07, 6.45) is 1.72. The molecular weight excluding hydrogens is 329 g/mol. The van der Waals surface area contributed by atoms with Crippen molar-refractivity contribution in [1.29, 1.82) is 5.41 Å². The van der Waals surface area contributed by atoms with Gasteiger partial charge in [-0.2, -0.15) is 0 Å². The van der Waals surface area contributed by atoms with Crippen molar-refractivity contribution in [2.24, 2.45) is 5.73 Å². The topological polar surface area (TPSA) is 62.8 Å². The van der Waals surface area contributed by atoms with Crippen molar-refractivity contribution in [2.45, 2.75) is 10.8 Å². The highest BCUT2D eigenvalue weighted by molar-refractivity contribution is 9.10. The molecule has 0 bridgehead atoms. The van der Waals surface area contributed by atoms with Crippen LogP contribution in [0.2, 0.25) is 0 Å². The Morgan fingerprint density at radius 1 is 1.37 bits per heavy atom. The second-order valence-electron chi connectivity index (χ2n) is 3.82. The van der Waals surface area contributed by atoms with Gasteiger partial charge >= 0.3 is 0 Å². The molecule has 3 N–H and O–H groups in total. The van der Waals surface area contributed by atoms with Gasteiger partial charge in [0.15, 0.2) is 0 Å². The van der Waals surface area contributed by atoms with Gasteiger partial charge in [-0.25, -0.2) is 9.37 Å². The van der Waals surface area contributed by atoms with E-state index in [0.29, 0.717) is 11.3 Å². The monoisotopic (exact) mass is 339 g/mol. The number of rotatable bonds is 4. The van der Waals surface area contributed by atoms with Crippen molar-refractivity contribution in [3.8, 4) is 0 Å². The molecule has 1 heterocycles. The standard InChI is InChI=1S/C13H11BrFN3S/c14-9-2-4-12(18-6-9)19-7-8-1-3-10(15)5-11(8)13(16)17/h1-6H,7H2,(H3,16,17). The van der Waals surface area contributed by atoms with Crippen molar-refractivity contribution in [2.75, 3.05) is 0 Å². The van der Waals surface area contributed by atoms with E-state index in [2.05, 4.69) is 20.9 Å². The molecule has 0 spiro atoms. The van der Waals surface area contributed by atoms with Gasteiger partial charge in [-0.05, 0) is 45.8 Å². The van der Waals surface area contributed by atoms with Crippen molar-refractivity contribution >= 4 is 33.5 Å². The first-order valence-corrected chi connectivity index (χ1v) is 7.21. The van der Waals surface area contributed by atoms with Crippen LogP contribution in [0.15, 0.2) is 46.0 Å². The Morgan fingerprint density at radius 2 is 2.16 bits per heavy atom.